The molecule has 1 aromatic heterocycles. The average Bonchev–Trinajstić information content (AvgIpc) is 2.98. The van der Waals surface area contributed by atoms with Crippen LogP contribution in [0.25, 0.3) is 22.2 Å². The first-order valence-electron chi connectivity index (χ1n) is 7.16. The van der Waals surface area contributed by atoms with Crippen LogP contribution in [0.1, 0.15) is 0 Å². The van der Waals surface area contributed by atoms with E-state index < -0.39 is 0 Å². The lowest BCUT2D eigenvalue weighted by molar-refractivity contribution is 0.449. The molecule has 0 spiro atoms. The Hall–Kier alpha value is -3.07. The molecular formula is C19H14N2O. The van der Waals surface area contributed by atoms with Crippen molar-refractivity contribution in [3.05, 3.63) is 78.9 Å². The van der Waals surface area contributed by atoms with Gasteiger partial charge in [0.1, 0.15) is 5.75 Å². The Labute approximate surface area is 128 Å². The number of hydrogen-bond acceptors (Lipinski definition) is 2. The molecule has 0 aliphatic carbocycles. The summed E-state index contributed by atoms with van der Waals surface area (Å²) in [6, 6.07) is 26.7. The van der Waals surface area contributed by atoms with Crippen molar-refractivity contribution in [1.82, 2.24) is 9.97 Å². The van der Waals surface area contributed by atoms with Crippen molar-refractivity contribution in [3.8, 4) is 22.9 Å². The zero-order valence-electron chi connectivity index (χ0n) is 11.9. The predicted molar refractivity (Wildman–Crippen MR) is 88.0 cm³/mol. The first-order valence-corrected chi connectivity index (χ1v) is 7.16. The van der Waals surface area contributed by atoms with Crippen LogP contribution in [0, 0.1) is 0 Å². The molecular weight excluding hydrogens is 272 g/mol. The van der Waals surface area contributed by atoms with E-state index in [0.29, 0.717) is 6.01 Å². The first kappa shape index (κ1) is 12.7. The molecule has 4 aromatic rings. The van der Waals surface area contributed by atoms with E-state index in [9.17, 15) is 0 Å². The molecule has 3 nitrogen and oxygen atoms in total. The van der Waals surface area contributed by atoms with E-state index in [2.05, 4.69) is 22.1 Å². The summed E-state index contributed by atoms with van der Waals surface area (Å²) in [5, 5.41) is 0. The second-order valence-electron chi connectivity index (χ2n) is 5.05. The van der Waals surface area contributed by atoms with Crippen molar-refractivity contribution in [2.75, 3.05) is 0 Å². The van der Waals surface area contributed by atoms with Gasteiger partial charge >= 0.3 is 0 Å². The molecule has 0 bridgehead atoms. The summed E-state index contributed by atoms with van der Waals surface area (Å²) in [6.45, 7) is 0. The maximum absolute atomic E-state index is 5.79. The van der Waals surface area contributed by atoms with Crippen molar-refractivity contribution < 1.29 is 4.74 Å². The first-order chi connectivity index (χ1) is 10.9. The van der Waals surface area contributed by atoms with Gasteiger partial charge in [-0.25, -0.2) is 0 Å². The second kappa shape index (κ2) is 5.37. The highest BCUT2D eigenvalue weighted by Gasteiger charge is 2.04. The van der Waals surface area contributed by atoms with Gasteiger partial charge < -0.3 is 9.72 Å². The van der Waals surface area contributed by atoms with Gasteiger partial charge in [0, 0.05) is 0 Å². The lowest BCUT2D eigenvalue weighted by Crippen LogP contribution is -1.86. The predicted octanol–water partition coefficient (Wildman–Crippen LogP) is 5.02. The number of ether oxygens (including phenoxy) is 1. The molecule has 4 rings (SSSR count). The Balaban J connectivity index is 1.58. The van der Waals surface area contributed by atoms with Crippen LogP contribution < -0.4 is 4.74 Å². The Morgan fingerprint density at radius 2 is 1.36 bits per heavy atom. The highest BCUT2D eigenvalue weighted by molar-refractivity contribution is 5.75. The number of para-hydroxylation sites is 2. The van der Waals surface area contributed by atoms with E-state index in [1.54, 1.807) is 0 Å². The zero-order chi connectivity index (χ0) is 14.8. The summed E-state index contributed by atoms with van der Waals surface area (Å²) in [4.78, 5) is 7.57. The fourth-order valence-corrected chi connectivity index (χ4v) is 2.44. The molecule has 0 atom stereocenters. The van der Waals surface area contributed by atoms with Crippen LogP contribution in [0.2, 0.25) is 0 Å². The van der Waals surface area contributed by atoms with E-state index >= 15 is 0 Å². The smallest absolute Gasteiger partial charge is 0.300 e. The van der Waals surface area contributed by atoms with Gasteiger partial charge in [-0.1, -0.05) is 54.6 Å². The maximum atomic E-state index is 5.79. The SMILES string of the molecule is c1ccc(-c2ccc(Oc3nc4ccccc4[nH]3)cc2)cc1. The standard InChI is InChI=1S/C19H14N2O/c1-2-6-14(7-3-1)15-10-12-16(13-11-15)22-19-20-17-8-4-5-9-18(17)21-19/h1-13H,(H,20,21). The van der Waals surface area contributed by atoms with Gasteiger partial charge in [0.05, 0.1) is 11.0 Å². The van der Waals surface area contributed by atoms with Gasteiger partial charge in [0.15, 0.2) is 0 Å². The Kier molecular flexibility index (Phi) is 3.09. The van der Waals surface area contributed by atoms with E-state index in [4.69, 9.17) is 4.74 Å². The number of imidazole rings is 1. The fraction of sp³-hybridized carbons (Fsp3) is 0. The number of hydrogen-bond donors (Lipinski definition) is 1. The Bertz CT molecular complexity index is 863. The van der Waals surface area contributed by atoms with Gasteiger partial charge in [0.2, 0.25) is 0 Å². The van der Waals surface area contributed by atoms with E-state index in [-0.39, 0.29) is 0 Å². The lowest BCUT2D eigenvalue weighted by atomic mass is 10.1. The van der Waals surface area contributed by atoms with Crippen molar-refractivity contribution in [1.29, 1.82) is 0 Å². The molecule has 1 heterocycles. The van der Waals surface area contributed by atoms with Crippen LogP contribution in [0.5, 0.6) is 11.8 Å². The third-order valence-corrected chi connectivity index (χ3v) is 3.54. The molecule has 3 aromatic carbocycles. The summed E-state index contributed by atoms with van der Waals surface area (Å²) in [6.07, 6.45) is 0. The molecule has 0 amide bonds. The minimum Gasteiger partial charge on any atom is -0.426 e. The number of benzene rings is 3. The highest BCUT2D eigenvalue weighted by Crippen LogP contribution is 2.25. The minimum atomic E-state index is 0.508. The number of rotatable bonds is 3. The van der Waals surface area contributed by atoms with Crippen LogP contribution in [0.4, 0.5) is 0 Å². The summed E-state index contributed by atoms with van der Waals surface area (Å²) in [5.74, 6) is 0.763. The zero-order valence-corrected chi connectivity index (χ0v) is 11.9. The van der Waals surface area contributed by atoms with Crippen LogP contribution in [0.15, 0.2) is 78.9 Å². The fourth-order valence-electron chi connectivity index (χ4n) is 2.44. The second-order valence-corrected chi connectivity index (χ2v) is 5.05. The van der Waals surface area contributed by atoms with E-state index in [1.165, 1.54) is 5.56 Å². The van der Waals surface area contributed by atoms with Crippen molar-refractivity contribution >= 4 is 11.0 Å². The van der Waals surface area contributed by atoms with Crippen LogP contribution in [-0.2, 0) is 0 Å². The maximum Gasteiger partial charge on any atom is 0.300 e. The summed E-state index contributed by atoms with van der Waals surface area (Å²) in [7, 11) is 0. The third kappa shape index (κ3) is 2.44. The Morgan fingerprint density at radius 3 is 2.14 bits per heavy atom. The van der Waals surface area contributed by atoms with Crippen LogP contribution in [0.3, 0.4) is 0 Å². The normalized spacial score (nSPS) is 10.7. The number of H-pyrrole nitrogens is 1. The van der Waals surface area contributed by atoms with Crippen molar-refractivity contribution in [3.63, 3.8) is 0 Å². The molecule has 106 valence electrons. The van der Waals surface area contributed by atoms with Crippen molar-refractivity contribution in [2.24, 2.45) is 0 Å². The van der Waals surface area contributed by atoms with Gasteiger partial charge in [-0.3, -0.25) is 0 Å². The molecule has 0 saturated heterocycles. The molecule has 0 unspecified atom stereocenters. The van der Waals surface area contributed by atoms with Gasteiger partial charge in [-0.05, 0) is 35.4 Å². The molecule has 3 heteroatoms. The topological polar surface area (TPSA) is 37.9 Å². The monoisotopic (exact) mass is 286 g/mol. The van der Waals surface area contributed by atoms with Gasteiger partial charge in [-0.15, -0.1) is 0 Å². The molecule has 22 heavy (non-hydrogen) atoms. The molecule has 0 saturated carbocycles. The quantitative estimate of drug-likeness (QED) is 0.574. The molecule has 0 aliphatic rings. The average molecular weight is 286 g/mol. The summed E-state index contributed by atoms with van der Waals surface area (Å²) in [5.41, 5.74) is 4.23. The summed E-state index contributed by atoms with van der Waals surface area (Å²) < 4.78 is 5.79. The summed E-state index contributed by atoms with van der Waals surface area (Å²) >= 11 is 0. The molecule has 0 fully saturated rings. The number of aromatic nitrogens is 2. The molecule has 1 N–H and O–H groups in total. The van der Waals surface area contributed by atoms with Crippen molar-refractivity contribution in [2.45, 2.75) is 0 Å². The Morgan fingerprint density at radius 1 is 0.682 bits per heavy atom. The number of aromatic amines is 1. The van der Waals surface area contributed by atoms with Gasteiger partial charge in [-0.2, -0.15) is 4.98 Å². The minimum absolute atomic E-state index is 0.508. The van der Waals surface area contributed by atoms with Crippen LogP contribution >= 0.6 is 0 Å². The number of nitrogens with zero attached hydrogens (tertiary/aromatic N) is 1. The van der Waals surface area contributed by atoms with Crippen LogP contribution in [-0.4, -0.2) is 9.97 Å². The van der Waals surface area contributed by atoms with E-state index in [0.717, 1.165) is 22.3 Å². The molecule has 0 aliphatic heterocycles. The van der Waals surface area contributed by atoms with E-state index in [1.807, 2.05) is 66.7 Å². The number of nitrogens with one attached hydrogen (secondary N) is 1. The molecule has 0 radical (unpaired) electrons. The van der Waals surface area contributed by atoms with Gasteiger partial charge in [0.25, 0.3) is 6.01 Å². The number of fused-ring (bicyclic) bond motifs is 1. The third-order valence-electron chi connectivity index (χ3n) is 3.54. The lowest BCUT2D eigenvalue weighted by Gasteiger charge is -2.04. The highest BCUT2D eigenvalue weighted by atomic mass is 16.5. The largest absolute Gasteiger partial charge is 0.426 e.